The van der Waals surface area contributed by atoms with Crippen LogP contribution in [-0.2, 0) is 6.42 Å². The molecule has 1 heteroatoms. The first-order chi connectivity index (χ1) is 9.30. The molecule has 112 valence electrons. The zero-order valence-corrected chi connectivity index (χ0v) is 13.6. The van der Waals surface area contributed by atoms with Gasteiger partial charge in [0.1, 0.15) is 0 Å². The maximum atomic E-state index is 11.0. The Kier molecular flexibility index (Phi) is 4.59. The topological polar surface area (TPSA) is 20.2 Å². The molecule has 0 aromatic heterocycles. The number of rotatable bonds is 2. The summed E-state index contributed by atoms with van der Waals surface area (Å²) in [4.78, 5) is 0. The molecule has 2 atom stereocenters. The van der Waals surface area contributed by atoms with Gasteiger partial charge in [0.2, 0.25) is 0 Å². The highest BCUT2D eigenvalue weighted by Crippen LogP contribution is 2.40. The smallest absolute Gasteiger partial charge is 0.0688 e. The summed E-state index contributed by atoms with van der Waals surface area (Å²) in [7, 11) is 0. The van der Waals surface area contributed by atoms with Crippen LogP contribution in [0.25, 0.3) is 0 Å². The van der Waals surface area contributed by atoms with Crippen molar-refractivity contribution in [3.63, 3.8) is 0 Å². The van der Waals surface area contributed by atoms with Gasteiger partial charge >= 0.3 is 0 Å². The van der Waals surface area contributed by atoms with Gasteiger partial charge in [-0.1, -0.05) is 51.5 Å². The van der Waals surface area contributed by atoms with E-state index in [1.54, 1.807) is 0 Å². The summed E-state index contributed by atoms with van der Waals surface area (Å²) in [6, 6.07) is 8.47. The SMILES string of the molecule is Cc1ccccc1CC1(O)CCCC(C(C)(C)C)CC1. The van der Waals surface area contributed by atoms with Crippen LogP contribution >= 0.6 is 0 Å². The van der Waals surface area contributed by atoms with Gasteiger partial charge in [-0.25, -0.2) is 0 Å². The molecule has 0 spiro atoms. The van der Waals surface area contributed by atoms with Crippen LogP contribution in [0.5, 0.6) is 0 Å². The van der Waals surface area contributed by atoms with Gasteiger partial charge in [-0.2, -0.15) is 0 Å². The molecule has 1 aliphatic carbocycles. The zero-order valence-electron chi connectivity index (χ0n) is 13.6. The minimum atomic E-state index is -0.494. The molecule has 1 aromatic rings. The van der Waals surface area contributed by atoms with Crippen molar-refractivity contribution >= 4 is 0 Å². The standard InChI is InChI=1S/C19H30O/c1-15-8-5-6-9-16(15)14-19(20)12-7-10-17(11-13-19)18(2,3)4/h5-6,8-9,17,20H,7,10-14H2,1-4H3. The Balaban J connectivity index is 2.06. The van der Waals surface area contributed by atoms with Crippen molar-refractivity contribution in [2.45, 2.75) is 71.8 Å². The fraction of sp³-hybridized carbons (Fsp3) is 0.684. The van der Waals surface area contributed by atoms with Crippen molar-refractivity contribution in [1.29, 1.82) is 0 Å². The van der Waals surface area contributed by atoms with E-state index in [0.717, 1.165) is 38.0 Å². The molecule has 2 unspecified atom stereocenters. The summed E-state index contributed by atoms with van der Waals surface area (Å²) in [6.45, 7) is 9.16. The van der Waals surface area contributed by atoms with Crippen molar-refractivity contribution in [2.24, 2.45) is 11.3 Å². The van der Waals surface area contributed by atoms with Crippen molar-refractivity contribution < 1.29 is 5.11 Å². The van der Waals surface area contributed by atoms with Crippen molar-refractivity contribution in [2.75, 3.05) is 0 Å². The van der Waals surface area contributed by atoms with Gasteiger partial charge in [0, 0.05) is 6.42 Å². The normalized spacial score (nSPS) is 28.1. The first-order valence-electron chi connectivity index (χ1n) is 8.07. The molecule has 20 heavy (non-hydrogen) atoms. The van der Waals surface area contributed by atoms with Gasteiger partial charge in [-0.15, -0.1) is 0 Å². The molecule has 1 saturated carbocycles. The number of hydrogen-bond acceptors (Lipinski definition) is 1. The van der Waals surface area contributed by atoms with Crippen LogP contribution in [0, 0.1) is 18.3 Å². The first-order valence-corrected chi connectivity index (χ1v) is 8.07. The molecule has 0 heterocycles. The molecule has 1 nitrogen and oxygen atoms in total. The minimum absolute atomic E-state index is 0.369. The average molecular weight is 274 g/mol. The lowest BCUT2D eigenvalue weighted by atomic mass is 9.76. The van der Waals surface area contributed by atoms with E-state index in [0.29, 0.717) is 5.41 Å². The number of hydrogen-bond donors (Lipinski definition) is 1. The van der Waals surface area contributed by atoms with E-state index in [9.17, 15) is 5.11 Å². The number of benzene rings is 1. The molecule has 2 rings (SSSR count). The molecule has 1 aliphatic rings. The lowest BCUT2D eigenvalue weighted by Crippen LogP contribution is -2.31. The van der Waals surface area contributed by atoms with Gasteiger partial charge in [-0.3, -0.25) is 0 Å². The molecule has 0 aliphatic heterocycles. The Morgan fingerprint density at radius 3 is 2.50 bits per heavy atom. The summed E-state index contributed by atoms with van der Waals surface area (Å²) in [5, 5.41) is 11.0. The predicted molar refractivity (Wildman–Crippen MR) is 85.9 cm³/mol. The van der Waals surface area contributed by atoms with E-state index in [2.05, 4.69) is 52.0 Å². The summed E-state index contributed by atoms with van der Waals surface area (Å²) in [6.07, 6.45) is 6.30. The summed E-state index contributed by atoms with van der Waals surface area (Å²) >= 11 is 0. The Morgan fingerprint density at radius 2 is 1.85 bits per heavy atom. The van der Waals surface area contributed by atoms with Crippen molar-refractivity contribution in [1.82, 2.24) is 0 Å². The van der Waals surface area contributed by atoms with Crippen LogP contribution in [0.1, 0.15) is 64.0 Å². The minimum Gasteiger partial charge on any atom is -0.390 e. The third kappa shape index (κ3) is 3.85. The maximum absolute atomic E-state index is 11.0. The Bertz CT molecular complexity index is 443. The quantitative estimate of drug-likeness (QED) is 0.761. The Morgan fingerprint density at radius 1 is 1.15 bits per heavy atom. The van der Waals surface area contributed by atoms with Crippen LogP contribution < -0.4 is 0 Å². The molecule has 0 radical (unpaired) electrons. The first kappa shape index (κ1) is 15.6. The number of aryl methyl sites for hydroxylation is 1. The fourth-order valence-corrected chi connectivity index (χ4v) is 3.60. The fourth-order valence-electron chi connectivity index (χ4n) is 3.60. The molecule has 1 aromatic carbocycles. The third-order valence-corrected chi connectivity index (χ3v) is 5.16. The molecule has 1 N–H and O–H groups in total. The second-order valence-corrected chi connectivity index (χ2v) is 7.82. The lowest BCUT2D eigenvalue weighted by molar-refractivity contribution is 0.0224. The van der Waals surface area contributed by atoms with E-state index in [-0.39, 0.29) is 0 Å². The summed E-state index contributed by atoms with van der Waals surface area (Å²) < 4.78 is 0. The van der Waals surface area contributed by atoms with Gasteiger partial charge in [0.05, 0.1) is 5.60 Å². The van der Waals surface area contributed by atoms with E-state index in [1.165, 1.54) is 17.5 Å². The molecular weight excluding hydrogens is 244 g/mol. The van der Waals surface area contributed by atoms with Crippen molar-refractivity contribution in [3.8, 4) is 0 Å². The highest BCUT2D eigenvalue weighted by Gasteiger charge is 2.34. The average Bonchev–Trinajstić information content (AvgIpc) is 2.54. The lowest BCUT2D eigenvalue weighted by Gasteiger charge is -2.31. The van der Waals surface area contributed by atoms with Gasteiger partial charge in [0.15, 0.2) is 0 Å². The molecular formula is C19H30O. The van der Waals surface area contributed by atoms with Crippen LogP contribution in [0.4, 0.5) is 0 Å². The third-order valence-electron chi connectivity index (χ3n) is 5.16. The number of aliphatic hydroxyl groups is 1. The summed E-state index contributed by atoms with van der Waals surface area (Å²) in [5.74, 6) is 0.744. The van der Waals surface area contributed by atoms with Crippen LogP contribution in [0.2, 0.25) is 0 Å². The van der Waals surface area contributed by atoms with Gasteiger partial charge < -0.3 is 5.11 Å². The highest BCUT2D eigenvalue weighted by atomic mass is 16.3. The van der Waals surface area contributed by atoms with Crippen LogP contribution in [0.3, 0.4) is 0 Å². The molecule has 1 fully saturated rings. The van der Waals surface area contributed by atoms with E-state index < -0.39 is 5.60 Å². The second-order valence-electron chi connectivity index (χ2n) is 7.82. The van der Waals surface area contributed by atoms with E-state index in [1.807, 2.05) is 0 Å². The van der Waals surface area contributed by atoms with Crippen LogP contribution in [-0.4, -0.2) is 10.7 Å². The largest absolute Gasteiger partial charge is 0.390 e. The van der Waals surface area contributed by atoms with E-state index >= 15 is 0 Å². The van der Waals surface area contributed by atoms with Crippen molar-refractivity contribution in [3.05, 3.63) is 35.4 Å². The molecule has 0 bridgehead atoms. The van der Waals surface area contributed by atoms with Gasteiger partial charge in [0.25, 0.3) is 0 Å². The Hall–Kier alpha value is -0.820. The predicted octanol–water partition coefficient (Wildman–Crippen LogP) is 4.90. The summed E-state index contributed by atoms with van der Waals surface area (Å²) in [5.41, 5.74) is 2.49. The second kappa shape index (κ2) is 5.89. The van der Waals surface area contributed by atoms with E-state index in [4.69, 9.17) is 0 Å². The maximum Gasteiger partial charge on any atom is 0.0688 e. The molecule has 0 amide bonds. The van der Waals surface area contributed by atoms with Crippen LogP contribution in [0.15, 0.2) is 24.3 Å². The van der Waals surface area contributed by atoms with Gasteiger partial charge in [-0.05, 0) is 55.1 Å². The molecule has 0 saturated heterocycles. The monoisotopic (exact) mass is 274 g/mol. The zero-order chi connectivity index (χ0) is 14.8. The highest BCUT2D eigenvalue weighted by molar-refractivity contribution is 5.27. The Labute approximate surface area is 124 Å².